The number of benzene rings is 9. The van der Waals surface area contributed by atoms with E-state index in [1.807, 2.05) is 11.3 Å². The minimum Gasteiger partial charge on any atom is -0.309 e. The van der Waals surface area contributed by atoms with E-state index in [0.29, 0.717) is 17.5 Å². The number of thiophene rings is 1. The molecule has 0 saturated heterocycles. The smallest absolute Gasteiger partial charge is 0.166 e. The monoisotopic (exact) mass is 780 g/mol. The molecule has 5 heteroatoms. The number of rotatable bonds is 5. The molecule has 0 amide bonds. The molecule has 9 aromatic carbocycles. The maximum atomic E-state index is 5.53. The van der Waals surface area contributed by atoms with E-state index in [4.69, 9.17) is 15.0 Å². The van der Waals surface area contributed by atoms with Crippen LogP contribution >= 0.6 is 11.3 Å². The highest BCUT2D eigenvalue weighted by atomic mass is 32.1. The Hall–Kier alpha value is -7.73. The number of hydrogen-bond acceptors (Lipinski definition) is 4. The second-order valence-electron chi connectivity index (χ2n) is 15.5. The molecule has 0 radical (unpaired) electrons. The van der Waals surface area contributed by atoms with Crippen molar-refractivity contribution < 1.29 is 0 Å². The molecule has 1 aliphatic carbocycles. The third-order valence-corrected chi connectivity index (χ3v) is 13.4. The fourth-order valence-corrected chi connectivity index (χ4v) is 10.7. The molecule has 12 aromatic rings. The van der Waals surface area contributed by atoms with Gasteiger partial charge >= 0.3 is 0 Å². The first-order valence-electron chi connectivity index (χ1n) is 20.3. The zero-order chi connectivity index (χ0) is 39.3. The second kappa shape index (κ2) is 12.9. The summed E-state index contributed by atoms with van der Waals surface area (Å²) >= 11 is 1.82. The van der Waals surface area contributed by atoms with Crippen LogP contribution in [0.1, 0.15) is 0 Å². The fourth-order valence-electron chi connectivity index (χ4n) is 9.52. The first-order chi connectivity index (χ1) is 29.7. The lowest BCUT2D eigenvalue weighted by Crippen LogP contribution is -2.01. The lowest BCUT2D eigenvalue weighted by Gasteiger charge is -2.14. The average molecular weight is 781 g/mol. The number of para-hydroxylation sites is 2. The van der Waals surface area contributed by atoms with Gasteiger partial charge < -0.3 is 4.57 Å². The molecule has 0 fully saturated rings. The summed E-state index contributed by atoms with van der Waals surface area (Å²) in [6.07, 6.45) is 0. The Balaban J connectivity index is 1.12. The van der Waals surface area contributed by atoms with Gasteiger partial charge in [-0.1, -0.05) is 140 Å². The van der Waals surface area contributed by atoms with Crippen LogP contribution in [-0.2, 0) is 0 Å². The maximum Gasteiger partial charge on any atom is 0.166 e. The van der Waals surface area contributed by atoms with Gasteiger partial charge in [0.1, 0.15) is 0 Å². The number of hydrogen-bond donors (Lipinski definition) is 0. The van der Waals surface area contributed by atoms with Gasteiger partial charge in [0.05, 0.1) is 11.0 Å². The van der Waals surface area contributed by atoms with E-state index in [1.165, 1.54) is 58.6 Å². The first kappa shape index (κ1) is 33.3. The summed E-state index contributed by atoms with van der Waals surface area (Å²) in [5, 5.41) is 7.31. The van der Waals surface area contributed by atoms with Crippen LogP contribution in [0.2, 0.25) is 0 Å². The summed E-state index contributed by atoms with van der Waals surface area (Å²) in [5.41, 5.74) is 13.5. The molecule has 0 spiro atoms. The zero-order valence-corrected chi connectivity index (χ0v) is 33.0. The molecular weight excluding hydrogens is 749 g/mol. The molecule has 278 valence electrons. The van der Waals surface area contributed by atoms with Crippen LogP contribution in [0.5, 0.6) is 0 Å². The molecule has 0 unspecified atom stereocenters. The minimum absolute atomic E-state index is 0.638. The summed E-state index contributed by atoms with van der Waals surface area (Å²) in [4.78, 5) is 16.4. The van der Waals surface area contributed by atoms with Crippen LogP contribution in [0, 0.1) is 0 Å². The van der Waals surface area contributed by atoms with Crippen LogP contribution in [0.4, 0.5) is 0 Å². The van der Waals surface area contributed by atoms with E-state index < -0.39 is 0 Å². The normalized spacial score (nSPS) is 12.0. The van der Waals surface area contributed by atoms with Crippen LogP contribution in [0.3, 0.4) is 0 Å². The summed E-state index contributed by atoms with van der Waals surface area (Å²) in [6, 6.07) is 69.4. The molecule has 0 N–H and O–H groups in total. The first-order valence-corrected chi connectivity index (χ1v) is 21.1. The summed E-state index contributed by atoms with van der Waals surface area (Å²) in [6.45, 7) is 0. The van der Waals surface area contributed by atoms with Gasteiger partial charge in [-0.05, 0) is 93.2 Å². The average Bonchev–Trinajstić information content (AvgIpc) is 3.97. The Bertz CT molecular complexity index is 3710. The second-order valence-corrected chi connectivity index (χ2v) is 16.6. The highest BCUT2D eigenvalue weighted by Crippen LogP contribution is 2.55. The van der Waals surface area contributed by atoms with Crippen molar-refractivity contribution in [1.29, 1.82) is 0 Å². The third kappa shape index (κ3) is 4.93. The predicted octanol–water partition coefficient (Wildman–Crippen LogP) is 14.8. The number of aromatic nitrogens is 4. The standard InChI is InChI=1S/C55H32N4S/c1-3-14-33(15-4-1)35-18-11-19-36(30-35)53-56-54(37-28-29-47-43(31-37)39-22-7-9-26-46(39)59(47)38-20-5-2-6-21-38)58-55(57-53)51-50-42-25-13-17-34-16-12-24-41(49(34)42)44(50)32-45-40-23-8-10-27-48(40)60-52(45)51/h1-32H. The van der Waals surface area contributed by atoms with Crippen molar-refractivity contribution in [3.8, 4) is 73.2 Å². The van der Waals surface area contributed by atoms with E-state index >= 15 is 0 Å². The maximum absolute atomic E-state index is 5.53. The van der Waals surface area contributed by atoms with Gasteiger partial charge in [0, 0.05) is 58.9 Å². The zero-order valence-electron chi connectivity index (χ0n) is 32.2. The quantitative estimate of drug-likeness (QED) is 0.175. The van der Waals surface area contributed by atoms with Crippen LogP contribution < -0.4 is 0 Å². The van der Waals surface area contributed by atoms with E-state index in [9.17, 15) is 0 Å². The van der Waals surface area contributed by atoms with Crippen molar-refractivity contribution in [3.63, 3.8) is 0 Å². The fraction of sp³-hybridized carbons (Fsp3) is 0. The van der Waals surface area contributed by atoms with E-state index in [0.717, 1.165) is 49.9 Å². The van der Waals surface area contributed by atoms with Crippen molar-refractivity contribution in [2.45, 2.75) is 0 Å². The van der Waals surface area contributed by atoms with Crippen LogP contribution in [0.25, 0.3) is 126 Å². The molecule has 3 heterocycles. The largest absolute Gasteiger partial charge is 0.309 e. The molecule has 1 aliphatic rings. The molecule has 3 aromatic heterocycles. The Morgan fingerprint density at radius 1 is 0.367 bits per heavy atom. The van der Waals surface area contributed by atoms with E-state index in [-0.39, 0.29) is 0 Å². The van der Waals surface area contributed by atoms with Crippen LogP contribution in [-0.4, -0.2) is 19.5 Å². The minimum atomic E-state index is 0.638. The molecule has 13 rings (SSSR count). The molecule has 0 atom stereocenters. The molecular formula is C55H32N4S. The van der Waals surface area contributed by atoms with Gasteiger partial charge in [-0.15, -0.1) is 11.3 Å². The van der Waals surface area contributed by atoms with E-state index in [2.05, 4.69) is 199 Å². The summed E-state index contributed by atoms with van der Waals surface area (Å²) in [5.74, 6) is 1.95. The Kier molecular flexibility index (Phi) is 7.14. The SMILES string of the molecule is c1ccc(-c2cccc(-c3nc(-c4ccc5c(c4)c4ccccc4n5-c4ccccc4)nc(-c4c5c(cc6c4sc4ccccc46)-c4cccc6cccc-5c46)n3)c2)cc1. The third-order valence-electron chi connectivity index (χ3n) is 12.2. The van der Waals surface area contributed by atoms with Crippen molar-refractivity contribution in [3.05, 3.63) is 194 Å². The van der Waals surface area contributed by atoms with Crippen molar-refractivity contribution in [1.82, 2.24) is 19.5 Å². The molecule has 0 bridgehead atoms. The van der Waals surface area contributed by atoms with Crippen molar-refractivity contribution in [2.75, 3.05) is 0 Å². The van der Waals surface area contributed by atoms with Gasteiger partial charge in [0.15, 0.2) is 17.5 Å². The summed E-state index contributed by atoms with van der Waals surface area (Å²) < 4.78 is 4.77. The number of nitrogens with zero attached hydrogens (tertiary/aromatic N) is 4. The molecule has 0 saturated carbocycles. The van der Waals surface area contributed by atoms with Gasteiger partial charge in [-0.2, -0.15) is 0 Å². The van der Waals surface area contributed by atoms with Gasteiger partial charge in [-0.25, -0.2) is 15.0 Å². The van der Waals surface area contributed by atoms with E-state index in [1.54, 1.807) is 0 Å². The Labute approximate surface area is 349 Å². The summed E-state index contributed by atoms with van der Waals surface area (Å²) in [7, 11) is 0. The number of fused-ring (bicyclic) bond motifs is 9. The lowest BCUT2D eigenvalue weighted by atomic mass is 9.94. The van der Waals surface area contributed by atoms with Gasteiger partial charge in [0.2, 0.25) is 0 Å². The Morgan fingerprint density at radius 3 is 1.83 bits per heavy atom. The van der Waals surface area contributed by atoms with Crippen LogP contribution in [0.15, 0.2) is 194 Å². The topological polar surface area (TPSA) is 43.6 Å². The van der Waals surface area contributed by atoms with Gasteiger partial charge in [-0.3, -0.25) is 0 Å². The molecule has 0 aliphatic heterocycles. The highest BCUT2D eigenvalue weighted by Gasteiger charge is 2.30. The van der Waals surface area contributed by atoms with Gasteiger partial charge in [0.25, 0.3) is 0 Å². The van der Waals surface area contributed by atoms with Crippen molar-refractivity contribution in [2.24, 2.45) is 0 Å². The van der Waals surface area contributed by atoms with Crippen molar-refractivity contribution >= 4 is 64.1 Å². The highest BCUT2D eigenvalue weighted by molar-refractivity contribution is 7.26. The molecule has 60 heavy (non-hydrogen) atoms. The lowest BCUT2D eigenvalue weighted by molar-refractivity contribution is 1.08. The molecule has 4 nitrogen and oxygen atoms in total. The Morgan fingerprint density at radius 2 is 1.00 bits per heavy atom. The predicted molar refractivity (Wildman–Crippen MR) is 251 cm³/mol.